The number of benzene rings is 2. The second-order valence-corrected chi connectivity index (χ2v) is 9.13. The van der Waals surface area contributed by atoms with Crippen molar-refractivity contribution in [1.82, 2.24) is 5.32 Å². The second kappa shape index (κ2) is 9.11. The van der Waals surface area contributed by atoms with Crippen molar-refractivity contribution in [3.63, 3.8) is 0 Å². The van der Waals surface area contributed by atoms with E-state index in [1.807, 2.05) is 6.92 Å². The molecule has 1 aliphatic carbocycles. The zero-order valence-corrected chi connectivity index (χ0v) is 18.4. The Bertz CT molecular complexity index is 838. The molecule has 2 aromatic rings. The molecule has 3 atom stereocenters. The van der Waals surface area contributed by atoms with Gasteiger partial charge in [0, 0.05) is 25.7 Å². The van der Waals surface area contributed by atoms with E-state index in [0.717, 1.165) is 42.8 Å². The van der Waals surface area contributed by atoms with Crippen LogP contribution < -0.4 is 15.0 Å². The van der Waals surface area contributed by atoms with Gasteiger partial charge < -0.3 is 15.0 Å². The minimum Gasteiger partial charge on any atom is -0.493 e. The van der Waals surface area contributed by atoms with Crippen LogP contribution in [-0.2, 0) is 4.79 Å². The van der Waals surface area contributed by atoms with E-state index in [9.17, 15) is 4.79 Å². The molecular formula is C26H34N2O2. The Morgan fingerprint density at radius 3 is 2.30 bits per heavy atom. The number of nitrogens with zero attached hydrogens (tertiary/aromatic N) is 1. The Morgan fingerprint density at radius 1 is 1.10 bits per heavy atom. The summed E-state index contributed by atoms with van der Waals surface area (Å²) in [5, 5.41) is 2.95. The first-order chi connectivity index (χ1) is 14.5. The maximum absolute atomic E-state index is 11.3. The molecule has 0 radical (unpaired) electrons. The van der Waals surface area contributed by atoms with Crippen LogP contribution in [0.4, 0.5) is 5.69 Å². The summed E-state index contributed by atoms with van der Waals surface area (Å²) in [5.41, 5.74) is 3.86. The van der Waals surface area contributed by atoms with Crippen molar-refractivity contribution < 1.29 is 9.53 Å². The highest BCUT2D eigenvalue weighted by Crippen LogP contribution is 2.38. The van der Waals surface area contributed by atoms with Crippen molar-refractivity contribution in [2.24, 2.45) is 11.8 Å². The van der Waals surface area contributed by atoms with Gasteiger partial charge in [-0.15, -0.1) is 0 Å². The lowest BCUT2D eigenvalue weighted by molar-refractivity contribution is -0.119. The quantitative estimate of drug-likeness (QED) is 0.678. The molecule has 1 amide bonds. The molecule has 1 saturated heterocycles. The highest BCUT2D eigenvalue weighted by Gasteiger charge is 2.33. The predicted molar refractivity (Wildman–Crippen MR) is 122 cm³/mol. The molecule has 160 valence electrons. The molecule has 2 aromatic carbocycles. The predicted octanol–water partition coefficient (Wildman–Crippen LogP) is 5.30. The lowest BCUT2D eigenvalue weighted by Gasteiger charge is -2.34. The van der Waals surface area contributed by atoms with Gasteiger partial charge in [-0.05, 0) is 79.3 Å². The number of hydrogen-bond acceptors (Lipinski definition) is 3. The first-order valence-corrected chi connectivity index (χ1v) is 11.3. The number of amides is 1. The van der Waals surface area contributed by atoms with E-state index in [4.69, 9.17) is 4.74 Å². The van der Waals surface area contributed by atoms with Crippen molar-refractivity contribution in [2.75, 3.05) is 24.6 Å². The standard InChI is InChI=1S/C26H34N2O2/c1-18-16-24(18)17-30-26-10-8-25(9-11-26)28-14-12-23(13-15-28)22-6-4-21(5-7-22)19(2)27-20(3)29/h4-11,18-19,23-24H,12-17H2,1-3H3,(H,27,29). The van der Waals surface area contributed by atoms with E-state index in [1.54, 1.807) is 6.92 Å². The van der Waals surface area contributed by atoms with E-state index in [-0.39, 0.29) is 11.9 Å². The van der Waals surface area contributed by atoms with E-state index in [1.165, 1.54) is 30.5 Å². The van der Waals surface area contributed by atoms with Crippen molar-refractivity contribution in [1.29, 1.82) is 0 Å². The Balaban J connectivity index is 1.27. The van der Waals surface area contributed by atoms with Crippen LogP contribution in [0.3, 0.4) is 0 Å². The zero-order valence-electron chi connectivity index (χ0n) is 18.4. The first-order valence-electron chi connectivity index (χ1n) is 11.3. The Kier molecular flexibility index (Phi) is 6.31. The number of nitrogens with one attached hydrogen (secondary N) is 1. The van der Waals surface area contributed by atoms with Crippen LogP contribution in [0, 0.1) is 11.8 Å². The van der Waals surface area contributed by atoms with E-state index in [2.05, 4.69) is 65.7 Å². The number of anilines is 1. The largest absolute Gasteiger partial charge is 0.493 e. The summed E-state index contributed by atoms with van der Waals surface area (Å²) in [6.07, 6.45) is 3.64. The smallest absolute Gasteiger partial charge is 0.217 e. The highest BCUT2D eigenvalue weighted by molar-refractivity contribution is 5.73. The van der Waals surface area contributed by atoms with Gasteiger partial charge in [0.2, 0.25) is 5.91 Å². The molecule has 4 heteroatoms. The maximum Gasteiger partial charge on any atom is 0.217 e. The third-order valence-corrected chi connectivity index (χ3v) is 6.76. The average Bonchev–Trinajstić information content (AvgIpc) is 3.47. The van der Waals surface area contributed by atoms with Gasteiger partial charge in [-0.1, -0.05) is 31.2 Å². The van der Waals surface area contributed by atoms with Gasteiger partial charge in [-0.25, -0.2) is 0 Å². The second-order valence-electron chi connectivity index (χ2n) is 9.13. The summed E-state index contributed by atoms with van der Waals surface area (Å²) in [6, 6.07) is 17.5. The van der Waals surface area contributed by atoms with Crippen molar-refractivity contribution in [2.45, 2.75) is 52.0 Å². The SMILES string of the molecule is CC(=O)NC(C)c1ccc(C2CCN(c3ccc(OCC4CC4C)cc3)CC2)cc1. The fourth-order valence-electron chi connectivity index (χ4n) is 4.50. The summed E-state index contributed by atoms with van der Waals surface area (Å²) in [6.45, 7) is 8.89. The average molecular weight is 407 g/mol. The summed E-state index contributed by atoms with van der Waals surface area (Å²) in [5.74, 6) is 3.20. The van der Waals surface area contributed by atoms with Crippen LogP contribution in [0.15, 0.2) is 48.5 Å². The number of piperidine rings is 1. The van der Waals surface area contributed by atoms with Crippen molar-refractivity contribution in [3.8, 4) is 5.75 Å². The molecule has 0 aromatic heterocycles. The lowest BCUT2D eigenvalue weighted by atomic mass is 9.88. The minimum atomic E-state index is 0.0102. The number of ether oxygens (including phenoxy) is 1. The van der Waals surface area contributed by atoms with Crippen LogP contribution in [0.2, 0.25) is 0 Å². The van der Waals surface area contributed by atoms with Gasteiger partial charge in [0.1, 0.15) is 5.75 Å². The zero-order chi connectivity index (χ0) is 21.1. The van der Waals surface area contributed by atoms with Crippen LogP contribution in [-0.4, -0.2) is 25.6 Å². The number of rotatable bonds is 7. The third-order valence-electron chi connectivity index (χ3n) is 6.76. The van der Waals surface area contributed by atoms with Gasteiger partial charge in [-0.3, -0.25) is 4.79 Å². The van der Waals surface area contributed by atoms with Gasteiger partial charge in [0.05, 0.1) is 12.6 Å². The molecule has 1 N–H and O–H groups in total. The molecule has 0 spiro atoms. The van der Waals surface area contributed by atoms with Crippen LogP contribution in [0.5, 0.6) is 5.75 Å². The molecule has 4 rings (SSSR count). The van der Waals surface area contributed by atoms with Gasteiger partial charge in [-0.2, -0.15) is 0 Å². The fraction of sp³-hybridized carbons (Fsp3) is 0.500. The summed E-state index contributed by atoms with van der Waals surface area (Å²) in [4.78, 5) is 13.7. The van der Waals surface area contributed by atoms with Gasteiger partial charge in [0.15, 0.2) is 0 Å². The molecule has 3 unspecified atom stereocenters. The van der Waals surface area contributed by atoms with Crippen molar-refractivity contribution >= 4 is 11.6 Å². The normalized spacial score (nSPS) is 22.4. The molecule has 2 aliphatic rings. The minimum absolute atomic E-state index is 0.0102. The lowest BCUT2D eigenvalue weighted by Crippen LogP contribution is -2.32. The van der Waals surface area contributed by atoms with E-state index < -0.39 is 0 Å². The molecule has 1 heterocycles. The van der Waals surface area contributed by atoms with Gasteiger partial charge >= 0.3 is 0 Å². The topological polar surface area (TPSA) is 41.6 Å². The van der Waals surface area contributed by atoms with E-state index in [0.29, 0.717) is 5.92 Å². The van der Waals surface area contributed by atoms with Crippen LogP contribution >= 0.6 is 0 Å². The number of hydrogen-bond donors (Lipinski definition) is 1. The Labute approximate surface area is 180 Å². The molecule has 1 aliphatic heterocycles. The monoisotopic (exact) mass is 406 g/mol. The van der Waals surface area contributed by atoms with Crippen molar-refractivity contribution in [3.05, 3.63) is 59.7 Å². The molecule has 30 heavy (non-hydrogen) atoms. The Morgan fingerprint density at radius 2 is 1.73 bits per heavy atom. The molecule has 2 fully saturated rings. The highest BCUT2D eigenvalue weighted by atomic mass is 16.5. The fourth-order valence-corrected chi connectivity index (χ4v) is 4.50. The first kappa shape index (κ1) is 20.8. The molecular weight excluding hydrogens is 372 g/mol. The summed E-state index contributed by atoms with van der Waals surface area (Å²) >= 11 is 0. The number of carbonyl (C=O) groups excluding carboxylic acids is 1. The van der Waals surface area contributed by atoms with E-state index >= 15 is 0 Å². The summed E-state index contributed by atoms with van der Waals surface area (Å²) < 4.78 is 5.92. The molecule has 1 saturated carbocycles. The Hall–Kier alpha value is -2.49. The number of carbonyl (C=O) groups is 1. The van der Waals surface area contributed by atoms with Crippen LogP contribution in [0.25, 0.3) is 0 Å². The molecule has 0 bridgehead atoms. The maximum atomic E-state index is 11.3. The van der Waals surface area contributed by atoms with Crippen LogP contribution in [0.1, 0.15) is 63.1 Å². The van der Waals surface area contributed by atoms with Gasteiger partial charge in [0.25, 0.3) is 0 Å². The summed E-state index contributed by atoms with van der Waals surface area (Å²) in [7, 11) is 0. The molecule has 4 nitrogen and oxygen atoms in total. The third kappa shape index (κ3) is 5.16.